The zero-order valence-corrected chi connectivity index (χ0v) is 13.5. The van der Waals surface area contributed by atoms with E-state index in [-0.39, 0.29) is 5.75 Å². The van der Waals surface area contributed by atoms with Gasteiger partial charge >= 0.3 is 0 Å². The standard InChI is InChI=1S/C12H10O2.C10H8O/c13-10-6-8-12(9-7-10)14-11-4-2-1-3-5-11;11-10-7-3-5-8-4-1-2-6-9(8)10/h1-9,13H;1-7,11H. The fourth-order valence-electron chi connectivity index (χ4n) is 2.35. The van der Waals surface area contributed by atoms with Crippen LogP contribution in [0.4, 0.5) is 0 Å². The zero-order chi connectivity index (χ0) is 17.5. The van der Waals surface area contributed by atoms with E-state index in [1.165, 1.54) is 0 Å². The molecule has 0 unspecified atom stereocenters. The molecule has 0 radical (unpaired) electrons. The Balaban J connectivity index is 0.000000150. The van der Waals surface area contributed by atoms with Gasteiger partial charge in [-0.15, -0.1) is 0 Å². The molecule has 2 N–H and O–H groups in total. The lowest BCUT2D eigenvalue weighted by atomic mass is 10.1. The molecule has 0 spiro atoms. The van der Waals surface area contributed by atoms with E-state index < -0.39 is 0 Å². The summed E-state index contributed by atoms with van der Waals surface area (Å²) in [5, 5.41) is 20.4. The van der Waals surface area contributed by atoms with Crippen LogP contribution in [0.1, 0.15) is 0 Å². The molecule has 0 fully saturated rings. The second-order valence-corrected chi connectivity index (χ2v) is 5.41. The number of hydrogen-bond acceptors (Lipinski definition) is 3. The summed E-state index contributed by atoms with van der Waals surface area (Å²) in [6.07, 6.45) is 0. The summed E-state index contributed by atoms with van der Waals surface area (Å²) in [4.78, 5) is 0. The van der Waals surface area contributed by atoms with Crippen molar-refractivity contribution in [1.29, 1.82) is 0 Å². The summed E-state index contributed by atoms with van der Waals surface area (Å²) in [5.74, 6) is 2.10. The van der Waals surface area contributed by atoms with Gasteiger partial charge in [-0.05, 0) is 47.9 Å². The molecule has 25 heavy (non-hydrogen) atoms. The highest BCUT2D eigenvalue weighted by molar-refractivity contribution is 5.87. The molecule has 0 saturated heterocycles. The number of aromatic hydroxyl groups is 2. The van der Waals surface area contributed by atoms with Crippen molar-refractivity contribution in [2.75, 3.05) is 0 Å². The fraction of sp³-hybridized carbons (Fsp3) is 0. The van der Waals surface area contributed by atoms with Crippen molar-refractivity contribution in [3.63, 3.8) is 0 Å². The van der Waals surface area contributed by atoms with Crippen molar-refractivity contribution in [2.24, 2.45) is 0 Å². The highest BCUT2D eigenvalue weighted by Crippen LogP contribution is 2.23. The zero-order valence-electron chi connectivity index (χ0n) is 13.5. The molecule has 0 amide bonds. The molecule has 0 aromatic heterocycles. The van der Waals surface area contributed by atoms with Crippen LogP contribution in [-0.4, -0.2) is 10.2 Å². The maximum Gasteiger partial charge on any atom is 0.127 e. The average molecular weight is 330 g/mol. The topological polar surface area (TPSA) is 49.7 Å². The maximum atomic E-state index is 9.37. The molecule has 0 aliphatic heterocycles. The minimum atomic E-state index is 0.241. The van der Waals surface area contributed by atoms with Gasteiger partial charge in [0.1, 0.15) is 23.0 Å². The van der Waals surface area contributed by atoms with E-state index >= 15 is 0 Å². The smallest absolute Gasteiger partial charge is 0.127 e. The first-order valence-corrected chi connectivity index (χ1v) is 7.91. The van der Waals surface area contributed by atoms with E-state index in [1.807, 2.05) is 66.7 Å². The summed E-state index contributed by atoms with van der Waals surface area (Å²) >= 11 is 0. The lowest BCUT2D eigenvalue weighted by Gasteiger charge is -2.04. The molecule has 0 aliphatic carbocycles. The Hall–Kier alpha value is -3.46. The Kier molecular flexibility index (Phi) is 5.17. The molecule has 4 rings (SSSR count). The predicted molar refractivity (Wildman–Crippen MR) is 100 cm³/mol. The molecule has 124 valence electrons. The summed E-state index contributed by atoms with van der Waals surface area (Å²) < 4.78 is 5.52. The minimum Gasteiger partial charge on any atom is -0.508 e. The van der Waals surface area contributed by atoms with E-state index in [0.717, 1.165) is 16.5 Å². The Morgan fingerprint density at radius 3 is 1.84 bits per heavy atom. The third-order valence-electron chi connectivity index (χ3n) is 3.58. The van der Waals surface area contributed by atoms with Crippen LogP contribution in [0.15, 0.2) is 97.1 Å². The second-order valence-electron chi connectivity index (χ2n) is 5.41. The number of para-hydroxylation sites is 1. The highest BCUT2D eigenvalue weighted by atomic mass is 16.5. The van der Waals surface area contributed by atoms with Crippen LogP contribution in [0.3, 0.4) is 0 Å². The lowest BCUT2D eigenvalue weighted by Crippen LogP contribution is -1.81. The van der Waals surface area contributed by atoms with Gasteiger partial charge in [-0.1, -0.05) is 54.6 Å². The van der Waals surface area contributed by atoms with Gasteiger partial charge < -0.3 is 14.9 Å². The number of fused-ring (bicyclic) bond motifs is 1. The van der Waals surface area contributed by atoms with E-state index in [1.54, 1.807) is 30.3 Å². The third-order valence-corrected chi connectivity index (χ3v) is 3.58. The molecule has 0 saturated carbocycles. The van der Waals surface area contributed by atoms with Crippen molar-refractivity contribution in [3.05, 3.63) is 97.1 Å². The van der Waals surface area contributed by atoms with E-state index in [9.17, 15) is 5.11 Å². The molecule has 0 aliphatic rings. The molecule has 4 aromatic rings. The first kappa shape index (κ1) is 16.4. The van der Waals surface area contributed by atoms with Crippen LogP contribution < -0.4 is 4.74 Å². The maximum absolute atomic E-state index is 9.37. The average Bonchev–Trinajstić information content (AvgIpc) is 2.66. The van der Waals surface area contributed by atoms with Crippen molar-refractivity contribution in [3.8, 4) is 23.0 Å². The van der Waals surface area contributed by atoms with Gasteiger partial charge in [-0.3, -0.25) is 0 Å². The van der Waals surface area contributed by atoms with Gasteiger partial charge in [0, 0.05) is 5.39 Å². The van der Waals surface area contributed by atoms with Crippen LogP contribution in [-0.2, 0) is 0 Å². The summed E-state index contributed by atoms with van der Waals surface area (Å²) in [6.45, 7) is 0. The van der Waals surface area contributed by atoms with Crippen LogP contribution in [0.2, 0.25) is 0 Å². The molecular weight excluding hydrogens is 312 g/mol. The molecule has 4 aromatic carbocycles. The normalized spacial score (nSPS) is 9.92. The summed E-state index contributed by atoms with van der Waals surface area (Å²) in [7, 11) is 0. The van der Waals surface area contributed by atoms with Crippen LogP contribution in [0.25, 0.3) is 10.8 Å². The van der Waals surface area contributed by atoms with E-state index in [2.05, 4.69) is 0 Å². The Morgan fingerprint density at radius 2 is 1.12 bits per heavy atom. The molecule has 0 atom stereocenters. The number of phenols is 2. The van der Waals surface area contributed by atoms with Gasteiger partial charge in [0.15, 0.2) is 0 Å². The number of ether oxygens (including phenoxy) is 1. The van der Waals surface area contributed by atoms with Gasteiger partial charge in [-0.25, -0.2) is 0 Å². The first-order valence-electron chi connectivity index (χ1n) is 7.91. The van der Waals surface area contributed by atoms with Gasteiger partial charge in [-0.2, -0.15) is 0 Å². The van der Waals surface area contributed by atoms with Crippen LogP contribution in [0, 0.1) is 0 Å². The van der Waals surface area contributed by atoms with Gasteiger partial charge in [0.2, 0.25) is 0 Å². The van der Waals surface area contributed by atoms with Crippen molar-refractivity contribution in [1.82, 2.24) is 0 Å². The van der Waals surface area contributed by atoms with Crippen LogP contribution in [0.5, 0.6) is 23.0 Å². The largest absolute Gasteiger partial charge is 0.508 e. The molecule has 0 heterocycles. The molecule has 0 bridgehead atoms. The third kappa shape index (κ3) is 4.52. The van der Waals surface area contributed by atoms with Gasteiger partial charge in [0.25, 0.3) is 0 Å². The molecule has 3 heteroatoms. The van der Waals surface area contributed by atoms with E-state index in [0.29, 0.717) is 11.5 Å². The SMILES string of the molecule is Oc1ccc(Oc2ccccc2)cc1.Oc1cccc2ccccc12. The second kappa shape index (κ2) is 7.88. The monoisotopic (exact) mass is 330 g/mol. The first-order chi connectivity index (χ1) is 12.2. The lowest BCUT2D eigenvalue weighted by molar-refractivity contribution is 0.464. The number of rotatable bonds is 2. The number of hydrogen-bond donors (Lipinski definition) is 2. The quantitative estimate of drug-likeness (QED) is 0.493. The number of phenolic OH excluding ortho intramolecular Hbond substituents is 2. The highest BCUT2D eigenvalue weighted by Gasteiger charge is 1.95. The van der Waals surface area contributed by atoms with Crippen molar-refractivity contribution >= 4 is 10.8 Å². The number of benzene rings is 4. The molecular formula is C22H18O3. The summed E-state index contributed by atoms with van der Waals surface area (Å²) in [5.41, 5.74) is 0. The van der Waals surface area contributed by atoms with Crippen molar-refractivity contribution < 1.29 is 14.9 Å². The minimum absolute atomic E-state index is 0.241. The Bertz CT molecular complexity index is 927. The molecule has 3 nitrogen and oxygen atoms in total. The Morgan fingerprint density at radius 1 is 0.520 bits per heavy atom. The summed E-state index contributed by atoms with van der Waals surface area (Å²) in [6, 6.07) is 29.5. The van der Waals surface area contributed by atoms with Crippen LogP contribution >= 0.6 is 0 Å². The predicted octanol–water partition coefficient (Wildman–Crippen LogP) is 5.73. The Labute approximate surface area is 146 Å². The van der Waals surface area contributed by atoms with Gasteiger partial charge in [0.05, 0.1) is 0 Å². The fourth-order valence-corrected chi connectivity index (χ4v) is 2.35. The van der Waals surface area contributed by atoms with E-state index in [4.69, 9.17) is 9.84 Å². The van der Waals surface area contributed by atoms with Crippen molar-refractivity contribution in [2.45, 2.75) is 0 Å².